The molecule has 0 atom stereocenters. The summed E-state index contributed by atoms with van der Waals surface area (Å²) in [5, 5.41) is 0.679. The highest BCUT2D eigenvalue weighted by Crippen LogP contribution is 2.29. The maximum absolute atomic E-state index is 12.4. The molecule has 0 aliphatic carbocycles. The number of hydrogen-bond acceptors (Lipinski definition) is 1. The molecule has 0 N–H and O–H groups in total. The van der Waals surface area contributed by atoms with Crippen molar-refractivity contribution in [3.8, 4) is 0 Å². The second-order valence-corrected chi connectivity index (χ2v) is 5.48. The molecule has 0 radical (unpaired) electrons. The van der Waals surface area contributed by atoms with E-state index in [1.54, 1.807) is 24.3 Å². The Morgan fingerprint density at radius 1 is 1.06 bits per heavy atom. The van der Waals surface area contributed by atoms with Crippen molar-refractivity contribution in [3.63, 3.8) is 0 Å². The summed E-state index contributed by atoms with van der Waals surface area (Å²) in [5.74, 6) is -0.124. The average Bonchev–Trinajstić information content (AvgIpc) is 2.35. The van der Waals surface area contributed by atoms with Crippen molar-refractivity contribution in [1.82, 2.24) is 0 Å². The Hall–Kier alpha value is -0.830. The molecular formula is C14H9BrCl2O. The van der Waals surface area contributed by atoms with Gasteiger partial charge in [-0.15, -0.1) is 0 Å². The summed E-state index contributed by atoms with van der Waals surface area (Å²) in [4.78, 5) is 12.4. The Morgan fingerprint density at radius 3 is 2.39 bits per heavy atom. The molecule has 0 unspecified atom stereocenters. The number of benzene rings is 2. The molecular weight excluding hydrogens is 335 g/mol. The summed E-state index contributed by atoms with van der Waals surface area (Å²) in [6.07, 6.45) is 0. The third kappa shape index (κ3) is 2.46. The first-order chi connectivity index (χ1) is 8.52. The number of halogens is 3. The average molecular weight is 344 g/mol. The molecule has 0 heterocycles. The van der Waals surface area contributed by atoms with Crippen molar-refractivity contribution >= 4 is 44.9 Å². The predicted molar refractivity (Wildman–Crippen MR) is 78.8 cm³/mol. The highest BCUT2D eigenvalue weighted by Gasteiger charge is 2.17. The summed E-state index contributed by atoms with van der Waals surface area (Å²) in [5.41, 5.74) is 1.93. The fraction of sp³-hybridized carbons (Fsp3) is 0.0714. The molecule has 1 nitrogen and oxygen atoms in total. The topological polar surface area (TPSA) is 17.1 Å². The lowest BCUT2D eigenvalue weighted by molar-refractivity contribution is 0.103. The van der Waals surface area contributed by atoms with E-state index >= 15 is 0 Å². The number of carbonyl (C=O) groups is 1. The van der Waals surface area contributed by atoms with E-state index in [1.165, 1.54) is 0 Å². The highest BCUT2D eigenvalue weighted by molar-refractivity contribution is 9.10. The first kappa shape index (κ1) is 13.6. The Bertz CT molecular complexity index is 570. The Labute approximate surface area is 124 Å². The lowest BCUT2D eigenvalue weighted by Gasteiger charge is -2.08. The fourth-order valence-corrected chi connectivity index (χ4v) is 2.43. The van der Waals surface area contributed by atoms with E-state index in [-0.39, 0.29) is 5.78 Å². The molecule has 0 aliphatic heterocycles. The van der Waals surface area contributed by atoms with E-state index < -0.39 is 0 Å². The van der Waals surface area contributed by atoms with Crippen molar-refractivity contribution in [1.29, 1.82) is 0 Å². The van der Waals surface area contributed by atoms with Gasteiger partial charge in [0.1, 0.15) is 0 Å². The molecule has 0 aliphatic rings. The molecule has 2 aromatic rings. The molecule has 0 fully saturated rings. The van der Waals surface area contributed by atoms with Crippen LogP contribution >= 0.6 is 39.1 Å². The van der Waals surface area contributed by atoms with Gasteiger partial charge in [0.05, 0.1) is 10.0 Å². The third-order valence-corrected chi connectivity index (χ3v) is 4.39. The number of rotatable bonds is 2. The van der Waals surface area contributed by atoms with E-state index in [0.717, 1.165) is 10.0 Å². The molecule has 0 amide bonds. The van der Waals surface area contributed by atoms with Gasteiger partial charge in [0, 0.05) is 15.6 Å². The lowest BCUT2D eigenvalue weighted by Crippen LogP contribution is -2.05. The van der Waals surface area contributed by atoms with E-state index in [9.17, 15) is 4.79 Å². The largest absolute Gasteiger partial charge is 0.289 e. The first-order valence-corrected chi connectivity index (χ1v) is 6.81. The van der Waals surface area contributed by atoms with Crippen LogP contribution in [0.25, 0.3) is 0 Å². The van der Waals surface area contributed by atoms with Gasteiger partial charge in [0.25, 0.3) is 0 Å². The quantitative estimate of drug-likeness (QED) is 0.676. The summed E-state index contributed by atoms with van der Waals surface area (Å²) in [6.45, 7) is 1.88. The SMILES string of the molecule is Cc1c(Br)cccc1C(=O)c1cccc(Cl)c1Cl. The van der Waals surface area contributed by atoms with Crippen LogP contribution < -0.4 is 0 Å². The fourth-order valence-electron chi connectivity index (χ4n) is 1.68. The van der Waals surface area contributed by atoms with Gasteiger partial charge in [-0.1, -0.05) is 57.3 Å². The molecule has 0 spiro atoms. The van der Waals surface area contributed by atoms with Crippen molar-refractivity contribution < 1.29 is 4.79 Å². The number of ketones is 1. The highest BCUT2D eigenvalue weighted by atomic mass is 79.9. The summed E-state index contributed by atoms with van der Waals surface area (Å²) in [6, 6.07) is 10.5. The molecule has 0 aromatic heterocycles. The smallest absolute Gasteiger partial charge is 0.194 e. The third-order valence-electron chi connectivity index (χ3n) is 2.71. The second kappa shape index (κ2) is 5.43. The molecule has 2 aromatic carbocycles. The van der Waals surface area contributed by atoms with Crippen molar-refractivity contribution in [2.24, 2.45) is 0 Å². The molecule has 0 saturated carbocycles. The van der Waals surface area contributed by atoms with Gasteiger partial charge >= 0.3 is 0 Å². The minimum Gasteiger partial charge on any atom is -0.289 e. The standard InChI is InChI=1S/C14H9BrCl2O/c1-8-9(4-2-6-11(8)15)14(18)10-5-3-7-12(16)13(10)17/h2-7H,1H3. The van der Waals surface area contributed by atoms with Gasteiger partial charge in [0.2, 0.25) is 0 Å². The first-order valence-electron chi connectivity index (χ1n) is 5.26. The van der Waals surface area contributed by atoms with Crippen LogP contribution in [0.5, 0.6) is 0 Å². The van der Waals surface area contributed by atoms with Crippen molar-refractivity contribution in [2.45, 2.75) is 6.92 Å². The molecule has 2 rings (SSSR count). The van der Waals surface area contributed by atoms with E-state index in [4.69, 9.17) is 23.2 Å². The maximum Gasteiger partial charge on any atom is 0.194 e. The molecule has 18 heavy (non-hydrogen) atoms. The maximum atomic E-state index is 12.4. The van der Waals surface area contributed by atoms with Gasteiger partial charge in [-0.05, 0) is 30.7 Å². The Morgan fingerprint density at radius 2 is 1.67 bits per heavy atom. The summed E-state index contributed by atoms with van der Waals surface area (Å²) < 4.78 is 0.895. The minimum absolute atomic E-state index is 0.124. The zero-order chi connectivity index (χ0) is 13.3. The van der Waals surface area contributed by atoms with Crippen molar-refractivity contribution in [3.05, 3.63) is 67.6 Å². The summed E-state index contributed by atoms with van der Waals surface area (Å²) >= 11 is 15.4. The van der Waals surface area contributed by atoms with Crippen LogP contribution in [0.1, 0.15) is 21.5 Å². The van der Waals surface area contributed by atoms with Gasteiger partial charge in [-0.3, -0.25) is 4.79 Å². The molecule has 0 bridgehead atoms. The zero-order valence-electron chi connectivity index (χ0n) is 9.51. The van der Waals surface area contributed by atoms with Crippen LogP contribution in [0.3, 0.4) is 0 Å². The number of carbonyl (C=O) groups excluding carboxylic acids is 1. The van der Waals surface area contributed by atoms with Gasteiger partial charge in [0.15, 0.2) is 5.78 Å². The van der Waals surface area contributed by atoms with Crippen LogP contribution in [0, 0.1) is 6.92 Å². The van der Waals surface area contributed by atoms with Crippen molar-refractivity contribution in [2.75, 3.05) is 0 Å². The van der Waals surface area contributed by atoms with E-state index in [2.05, 4.69) is 15.9 Å². The second-order valence-electron chi connectivity index (χ2n) is 3.84. The predicted octanol–water partition coefficient (Wildman–Crippen LogP) is 5.30. The van der Waals surface area contributed by atoms with E-state index in [0.29, 0.717) is 21.2 Å². The molecule has 4 heteroatoms. The van der Waals surface area contributed by atoms with Crippen LogP contribution in [-0.4, -0.2) is 5.78 Å². The monoisotopic (exact) mass is 342 g/mol. The lowest BCUT2D eigenvalue weighted by atomic mass is 9.99. The molecule has 0 saturated heterocycles. The Balaban J connectivity index is 2.55. The van der Waals surface area contributed by atoms with Crippen LogP contribution in [0.2, 0.25) is 10.0 Å². The number of hydrogen-bond donors (Lipinski definition) is 0. The van der Waals surface area contributed by atoms with Crippen LogP contribution in [-0.2, 0) is 0 Å². The zero-order valence-corrected chi connectivity index (χ0v) is 12.6. The molecule has 92 valence electrons. The van der Waals surface area contributed by atoms with Crippen LogP contribution in [0.15, 0.2) is 40.9 Å². The van der Waals surface area contributed by atoms with Crippen LogP contribution in [0.4, 0.5) is 0 Å². The normalized spacial score (nSPS) is 10.4. The van der Waals surface area contributed by atoms with Gasteiger partial charge < -0.3 is 0 Å². The van der Waals surface area contributed by atoms with Gasteiger partial charge in [-0.25, -0.2) is 0 Å². The van der Waals surface area contributed by atoms with E-state index in [1.807, 2.05) is 19.1 Å². The summed E-state index contributed by atoms with van der Waals surface area (Å²) in [7, 11) is 0. The minimum atomic E-state index is -0.124. The van der Waals surface area contributed by atoms with Gasteiger partial charge in [-0.2, -0.15) is 0 Å². The Kier molecular flexibility index (Phi) is 4.10.